The van der Waals surface area contributed by atoms with E-state index in [0.29, 0.717) is 16.5 Å². The monoisotopic (exact) mass is 437 g/mol. The van der Waals surface area contributed by atoms with E-state index in [1.807, 2.05) is 36.6 Å². The Morgan fingerprint density at radius 3 is 2.65 bits per heavy atom. The van der Waals surface area contributed by atoms with E-state index < -0.39 is 5.54 Å². The molecule has 0 spiro atoms. The molecule has 0 bridgehead atoms. The third kappa shape index (κ3) is 3.40. The minimum Gasteiger partial charge on any atom is -0.361 e. The zero-order valence-electron chi connectivity index (χ0n) is 17.5. The van der Waals surface area contributed by atoms with Crippen molar-refractivity contribution < 1.29 is 4.52 Å². The summed E-state index contributed by atoms with van der Waals surface area (Å²) in [6.07, 6.45) is 8.60. The first-order chi connectivity index (χ1) is 14.9. The van der Waals surface area contributed by atoms with Gasteiger partial charge in [0, 0.05) is 29.6 Å². The van der Waals surface area contributed by atoms with Gasteiger partial charge in [-0.3, -0.25) is 4.40 Å². The molecule has 8 nitrogen and oxygen atoms in total. The van der Waals surface area contributed by atoms with Crippen molar-refractivity contribution in [2.24, 2.45) is 11.5 Å². The Kier molecular flexibility index (Phi) is 4.80. The number of rotatable bonds is 3. The molecule has 5 rings (SSSR count). The number of fused-ring (bicyclic) bond motifs is 1. The van der Waals surface area contributed by atoms with Crippen molar-refractivity contribution in [3.63, 3.8) is 0 Å². The summed E-state index contributed by atoms with van der Waals surface area (Å²) in [6, 6.07) is 4.14. The van der Waals surface area contributed by atoms with Crippen LogP contribution in [-0.4, -0.2) is 30.6 Å². The fraction of sp³-hybridized carbons (Fsp3) is 0.364. The lowest BCUT2D eigenvalue weighted by atomic mass is 9.80. The van der Waals surface area contributed by atoms with E-state index in [0.717, 1.165) is 59.6 Å². The topological polar surface area (TPSA) is 121 Å². The third-order valence-corrected chi connectivity index (χ3v) is 6.46. The van der Waals surface area contributed by atoms with E-state index in [9.17, 15) is 0 Å². The molecule has 0 amide bonds. The molecule has 4 aromatic heterocycles. The van der Waals surface area contributed by atoms with Gasteiger partial charge in [-0.25, -0.2) is 15.0 Å². The van der Waals surface area contributed by atoms with Crippen molar-refractivity contribution >= 4 is 17.2 Å². The Bertz CT molecular complexity index is 1250. The SMILES string of the molecule is Cc1noc(C)c1-c1ccc2ncc(-c3nc(C4(N)CCC(N)CC4)ncc3Cl)n2c1. The van der Waals surface area contributed by atoms with Crippen molar-refractivity contribution in [3.05, 3.63) is 53.0 Å². The van der Waals surface area contributed by atoms with Crippen molar-refractivity contribution in [2.75, 3.05) is 0 Å². The maximum absolute atomic E-state index is 6.69. The molecular weight excluding hydrogens is 414 g/mol. The largest absolute Gasteiger partial charge is 0.361 e. The number of hydrogen-bond acceptors (Lipinski definition) is 7. The van der Waals surface area contributed by atoms with E-state index in [4.69, 9.17) is 32.6 Å². The molecule has 9 heteroatoms. The predicted molar refractivity (Wildman–Crippen MR) is 119 cm³/mol. The molecule has 31 heavy (non-hydrogen) atoms. The summed E-state index contributed by atoms with van der Waals surface area (Å²) >= 11 is 6.53. The molecule has 4 aromatic rings. The van der Waals surface area contributed by atoms with Crippen molar-refractivity contribution in [1.29, 1.82) is 0 Å². The van der Waals surface area contributed by atoms with Crippen LogP contribution in [-0.2, 0) is 5.54 Å². The smallest absolute Gasteiger partial charge is 0.148 e. The highest BCUT2D eigenvalue weighted by Gasteiger charge is 2.35. The Morgan fingerprint density at radius 1 is 1.16 bits per heavy atom. The molecule has 160 valence electrons. The molecule has 1 fully saturated rings. The molecular formula is C22H24ClN7O. The molecule has 0 unspecified atom stereocenters. The van der Waals surface area contributed by atoms with Crippen LogP contribution in [0.2, 0.25) is 5.02 Å². The van der Waals surface area contributed by atoms with E-state index in [2.05, 4.69) is 15.1 Å². The van der Waals surface area contributed by atoms with Crippen molar-refractivity contribution in [2.45, 2.75) is 51.1 Å². The quantitative estimate of drug-likeness (QED) is 0.500. The number of aromatic nitrogens is 5. The first kappa shape index (κ1) is 20.1. The molecule has 0 atom stereocenters. The van der Waals surface area contributed by atoms with Gasteiger partial charge in [0.1, 0.15) is 22.9 Å². The second-order valence-electron chi connectivity index (χ2n) is 8.37. The van der Waals surface area contributed by atoms with Gasteiger partial charge in [0.05, 0.1) is 28.1 Å². The van der Waals surface area contributed by atoms with Crippen LogP contribution in [0.25, 0.3) is 28.2 Å². The fourth-order valence-corrected chi connectivity index (χ4v) is 4.55. The van der Waals surface area contributed by atoms with E-state index in [1.54, 1.807) is 12.4 Å². The zero-order valence-corrected chi connectivity index (χ0v) is 18.2. The lowest BCUT2D eigenvalue weighted by molar-refractivity contribution is 0.265. The average molecular weight is 438 g/mol. The Balaban J connectivity index is 1.62. The number of halogens is 1. The van der Waals surface area contributed by atoms with Gasteiger partial charge in [-0.15, -0.1) is 0 Å². The van der Waals surface area contributed by atoms with Gasteiger partial charge in [-0.1, -0.05) is 16.8 Å². The fourth-order valence-electron chi connectivity index (χ4n) is 4.36. The number of aryl methyl sites for hydroxylation is 2. The second kappa shape index (κ2) is 7.40. The van der Waals surface area contributed by atoms with Gasteiger partial charge >= 0.3 is 0 Å². The summed E-state index contributed by atoms with van der Waals surface area (Å²) < 4.78 is 7.31. The summed E-state index contributed by atoms with van der Waals surface area (Å²) in [5.74, 6) is 1.36. The lowest BCUT2D eigenvalue weighted by Gasteiger charge is -2.34. The molecule has 0 radical (unpaired) electrons. The number of imidazole rings is 1. The third-order valence-electron chi connectivity index (χ3n) is 6.18. The van der Waals surface area contributed by atoms with Gasteiger partial charge in [0.25, 0.3) is 0 Å². The minimum absolute atomic E-state index is 0.185. The zero-order chi connectivity index (χ0) is 21.8. The van der Waals surface area contributed by atoms with Crippen LogP contribution in [0.5, 0.6) is 0 Å². The number of nitrogens with two attached hydrogens (primary N) is 2. The average Bonchev–Trinajstić information content (AvgIpc) is 3.33. The van der Waals surface area contributed by atoms with Gasteiger partial charge < -0.3 is 16.0 Å². The normalized spacial score (nSPS) is 21.6. The predicted octanol–water partition coefficient (Wildman–Crippen LogP) is 3.77. The highest BCUT2D eigenvalue weighted by atomic mass is 35.5. The number of hydrogen-bond donors (Lipinski definition) is 2. The summed E-state index contributed by atoms with van der Waals surface area (Å²) in [5.41, 5.74) is 17.1. The van der Waals surface area contributed by atoms with Crippen LogP contribution in [0.3, 0.4) is 0 Å². The van der Waals surface area contributed by atoms with Gasteiger partial charge in [-0.2, -0.15) is 0 Å². The Labute approximate surface area is 184 Å². The van der Waals surface area contributed by atoms with E-state index >= 15 is 0 Å². The minimum atomic E-state index is -0.600. The van der Waals surface area contributed by atoms with E-state index in [1.165, 1.54) is 0 Å². The number of nitrogens with zero attached hydrogens (tertiary/aromatic N) is 5. The first-order valence-corrected chi connectivity index (χ1v) is 10.7. The van der Waals surface area contributed by atoms with Gasteiger partial charge in [0.2, 0.25) is 0 Å². The molecule has 0 saturated heterocycles. The van der Waals surface area contributed by atoms with Crippen LogP contribution in [0.15, 0.2) is 35.2 Å². The van der Waals surface area contributed by atoms with E-state index in [-0.39, 0.29) is 6.04 Å². The molecule has 1 saturated carbocycles. The first-order valence-electron chi connectivity index (χ1n) is 10.3. The summed E-state index contributed by atoms with van der Waals surface area (Å²) in [6.45, 7) is 3.83. The molecule has 1 aliphatic carbocycles. The second-order valence-corrected chi connectivity index (χ2v) is 8.78. The summed E-state index contributed by atoms with van der Waals surface area (Å²) in [5, 5.41) is 4.52. The van der Waals surface area contributed by atoms with Crippen LogP contribution in [0, 0.1) is 13.8 Å². The van der Waals surface area contributed by atoms with Crippen molar-refractivity contribution in [1.82, 2.24) is 24.5 Å². The lowest BCUT2D eigenvalue weighted by Crippen LogP contribution is -2.45. The van der Waals surface area contributed by atoms with Gasteiger partial charge in [0.15, 0.2) is 0 Å². The highest BCUT2D eigenvalue weighted by Crippen LogP contribution is 2.35. The maximum atomic E-state index is 6.69. The van der Waals surface area contributed by atoms with Crippen LogP contribution in [0.1, 0.15) is 43.0 Å². The van der Waals surface area contributed by atoms with Crippen LogP contribution in [0.4, 0.5) is 0 Å². The highest BCUT2D eigenvalue weighted by molar-refractivity contribution is 6.32. The molecule has 0 aliphatic heterocycles. The molecule has 1 aliphatic rings. The van der Waals surface area contributed by atoms with Crippen LogP contribution >= 0.6 is 11.6 Å². The van der Waals surface area contributed by atoms with Crippen LogP contribution < -0.4 is 11.5 Å². The maximum Gasteiger partial charge on any atom is 0.148 e. The summed E-state index contributed by atoms with van der Waals surface area (Å²) in [7, 11) is 0. The standard InChI is InChI=1S/C22H24ClN7O/c1-12-19(13(2)31-29-12)14-3-4-18-26-10-17(30(18)11-14)20-16(23)9-27-21(28-20)22(25)7-5-15(24)6-8-22/h3-4,9-11,15H,5-8,24-25H2,1-2H3. The van der Waals surface area contributed by atoms with Gasteiger partial charge in [-0.05, 0) is 51.7 Å². The molecule has 0 aromatic carbocycles. The Hall–Kier alpha value is -2.81. The number of pyridine rings is 1. The van der Waals surface area contributed by atoms with Crippen molar-refractivity contribution in [3.8, 4) is 22.5 Å². The Morgan fingerprint density at radius 2 is 1.94 bits per heavy atom. The molecule has 4 N–H and O–H groups in total. The summed E-state index contributed by atoms with van der Waals surface area (Å²) in [4.78, 5) is 13.8. The molecule has 4 heterocycles.